The van der Waals surface area contributed by atoms with E-state index >= 15 is 0 Å². The largest absolute Gasteiger partial charge is 0.508 e. The fraction of sp³-hybridized carbons (Fsp3) is 0.0667. The van der Waals surface area contributed by atoms with Gasteiger partial charge >= 0.3 is 5.97 Å². The van der Waals surface area contributed by atoms with Crippen molar-refractivity contribution in [1.82, 2.24) is 0 Å². The van der Waals surface area contributed by atoms with Crippen LogP contribution in [-0.4, -0.2) is 28.5 Å². The summed E-state index contributed by atoms with van der Waals surface area (Å²) in [4.78, 5) is 33.6. The minimum Gasteiger partial charge on any atom is -0.508 e. The molecule has 2 N–H and O–H groups in total. The lowest BCUT2D eigenvalue weighted by atomic mass is 10.2. The van der Waals surface area contributed by atoms with Crippen LogP contribution < -0.4 is 5.32 Å². The zero-order valence-corrected chi connectivity index (χ0v) is 12.8. The molecule has 9 heteroatoms. The predicted octanol–water partition coefficient (Wildman–Crippen LogP) is 2.75. The van der Waals surface area contributed by atoms with E-state index in [-0.39, 0.29) is 27.7 Å². The SMILES string of the molecule is O=C(COC(=O)c1cccc(O)c1)Nc1ccc(Cl)c([N+](=O)[O-])c1. The molecule has 2 aromatic carbocycles. The molecule has 0 aliphatic rings. The molecule has 0 saturated carbocycles. The predicted molar refractivity (Wildman–Crippen MR) is 85.1 cm³/mol. The monoisotopic (exact) mass is 350 g/mol. The van der Waals surface area contributed by atoms with Gasteiger partial charge in [0.25, 0.3) is 11.6 Å². The molecule has 0 aliphatic carbocycles. The van der Waals surface area contributed by atoms with E-state index in [1.54, 1.807) is 0 Å². The Labute approximate surface area is 140 Å². The molecule has 24 heavy (non-hydrogen) atoms. The molecule has 0 saturated heterocycles. The summed E-state index contributed by atoms with van der Waals surface area (Å²) in [7, 11) is 0. The van der Waals surface area contributed by atoms with Crippen LogP contribution in [0.1, 0.15) is 10.4 Å². The third kappa shape index (κ3) is 4.43. The van der Waals surface area contributed by atoms with Crippen LogP contribution in [0.25, 0.3) is 0 Å². The van der Waals surface area contributed by atoms with Crippen molar-refractivity contribution in [3.63, 3.8) is 0 Å². The lowest BCUT2D eigenvalue weighted by molar-refractivity contribution is -0.384. The minimum absolute atomic E-state index is 0.0617. The number of benzene rings is 2. The summed E-state index contributed by atoms with van der Waals surface area (Å²) in [5.74, 6) is -1.58. The average Bonchev–Trinajstić information content (AvgIpc) is 2.54. The summed E-state index contributed by atoms with van der Waals surface area (Å²) < 4.78 is 4.80. The summed E-state index contributed by atoms with van der Waals surface area (Å²) in [5, 5.41) is 22.3. The standard InChI is InChI=1S/C15H11ClN2O6/c16-12-5-4-10(7-13(12)18(22)23)17-14(20)8-24-15(21)9-2-1-3-11(19)6-9/h1-7,19H,8H2,(H,17,20). The number of amides is 1. The maximum atomic E-state index is 11.7. The van der Waals surface area contributed by atoms with Gasteiger partial charge in [0.2, 0.25) is 0 Å². The molecule has 0 bridgehead atoms. The first kappa shape index (κ1) is 17.2. The van der Waals surface area contributed by atoms with Crippen molar-refractivity contribution in [2.45, 2.75) is 0 Å². The van der Waals surface area contributed by atoms with Gasteiger partial charge in [-0.2, -0.15) is 0 Å². The van der Waals surface area contributed by atoms with Crippen LogP contribution in [0.15, 0.2) is 42.5 Å². The van der Waals surface area contributed by atoms with Crippen LogP contribution in [0.2, 0.25) is 5.02 Å². The Bertz CT molecular complexity index is 808. The topological polar surface area (TPSA) is 119 Å². The first-order chi connectivity index (χ1) is 11.4. The van der Waals surface area contributed by atoms with E-state index in [0.29, 0.717) is 0 Å². The van der Waals surface area contributed by atoms with E-state index in [1.165, 1.54) is 36.4 Å². The number of nitrogens with zero attached hydrogens (tertiary/aromatic N) is 1. The van der Waals surface area contributed by atoms with Crippen LogP contribution in [0, 0.1) is 10.1 Å². The fourth-order valence-corrected chi connectivity index (χ4v) is 1.96. The van der Waals surface area contributed by atoms with Gasteiger partial charge in [-0.25, -0.2) is 4.79 Å². The molecule has 0 spiro atoms. The van der Waals surface area contributed by atoms with Crippen molar-refractivity contribution >= 4 is 34.9 Å². The number of esters is 1. The number of hydrogen-bond donors (Lipinski definition) is 2. The number of ether oxygens (including phenoxy) is 1. The van der Waals surface area contributed by atoms with Crippen LogP contribution in [-0.2, 0) is 9.53 Å². The van der Waals surface area contributed by atoms with Gasteiger partial charge in [-0.05, 0) is 30.3 Å². The third-order valence-corrected chi connectivity index (χ3v) is 3.16. The van der Waals surface area contributed by atoms with E-state index in [1.807, 2.05) is 0 Å². The molecule has 2 aromatic rings. The van der Waals surface area contributed by atoms with Crippen LogP contribution in [0.3, 0.4) is 0 Å². The van der Waals surface area contributed by atoms with E-state index in [4.69, 9.17) is 16.3 Å². The van der Waals surface area contributed by atoms with Crippen molar-refractivity contribution in [2.75, 3.05) is 11.9 Å². The number of phenols is 1. The zero-order chi connectivity index (χ0) is 17.7. The quantitative estimate of drug-likeness (QED) is 0.486. The molecule has 1 amide bonds. The number of rotatable bonds is 5. The molecule has 0 fully saturated rings. The van der Waals surface area contributed by atoms with E-state index in [9.17, 15) is 24.8 Å². The van der Waals surface area contributed by atoms with Crippen molar-refractivity contribution in [3.8, 4) is 5.75 Å². The number of carbonyl (C=O) groups is 2. The zero-order valence-electron chi connectivity index (χ0n) is 12.1. The smallest absolute Gasteiger partial charge is 0.338 e. The van der Waals surface area contributed by atoms with Crippen LogP contribution in [0.5, 0.6) is 5.75 Å². The van der Waals surface area contributed by atoms with Gasteiger partial charge in [0, 0.05) is 11.8 Å². The molecule has 2 rings (SSSR count). The third-order valence-electron chi connectivity index (χ3n) is 2.84. The van der Waals surface area contributed by atoms with E-state index < -0.39 is 23.4 Å². The van der Waals surface area contributed by atoms with Gasteiger partial charge in [0.05, 0.1) is 10.5 Å². The number of carbonyl (C=O) groups excluding carboxylic acids is 2. The Morgan fingerprint density at radius 3 is 2.67 bits per heavy atom. The summed E-state index contributed by atoms with van der Waals surface area (Å²) in [6, 6.07) is 9.21. The summed E-state index contributed by atoms with van der Waals surface area (Å²) in [5.41, 5.74) is -0.124. The first-order valence-corrected chi connectivity index (χ1v) is 6.94. The highest BCUT2D eigenvalue weighted by Crippen LogP contribution is 2.27. The molecule has 8 nitrogen and oxygen atoms in total. The number of phenolic OH excluding ortho intramolecular Hbond substituents is 1. The number of aromatic hydroxyl groups is 1. The number of nitrogens with one attached hydrogen (secondary N) is 1. The number of anilines is 1. The Morgan fingerprint density at radius 2 is 2.00 bits per heavy atom. The van der Waals surface area contributed by atoms with E-state index in [0.717, 1.165) is 6.07 Å². The maximum Gasteiger partial charge on any atom is 0.338 e. The van der Waals surface area contributed by atoms with Gasteiger partial charge in [-0.1, -0.05) is 17.7 Å². The van der Waals surface area contributed by atoms with E-state index in [2.05, 4.69) is 5.32 Å². The molecule has 0 heterocycles. The van der Waals surface area contributed by atoms with Gasteiger partial charge < -0.3 is 15.2 Å². The number of nitro groups is 1. The maximum absolute atomic E-state index is 11.7. The Kier molecular flexibility index (Phi) is 5.33. The first-order valence-electron chi connectivity index (χ1n) is 6.57. The highest BCUT2D eigenvalue weighted by atomic mass is 35.5. The molecule has 0 radical (unpaired) electrons. The van der Waals surface area contributed by atoms with Crippen molar-refractivity contribution in [3.05, 3.63) is 63.2 Å². The lowest BCUT2D eigenvalue weighted by Crippen LogP contribution is -2.21. The van der Waals surface area contributed by atoms with Gasteiger partial charge in [-0.3, -0.25) is 14.9 Å². The Balaban J connectivity index is 1.95. The highest BCUT2D eigenvalue weighted by molar-refractivity contribution is 6.32. The molecule has 124 valence electrons. The van der Waals surface area contributed by atoms with Crippen LogP contribution in [0.4, 0.5) is 11.4 Å². The van der Waals surface area contributed by atoms with Crippen molar-refractivity contribution in [1.29, 1.82) is 0 Å². The second kappa shape index (κ2) is 7.42. The second-order valence-electron chi connectivity index (χ2n) is 4.60. The molecule has 0 aliphatic heterocycles. The molecule has 0 aromatic heterocycles. The summed E-state index contributed by atoms with van der Waals surface area (Å²) in [6.07, 6.45) is 0. The molecular weight excluding hydrogens is 340 g/mol. The highest BCUT2D eigenvalue weighted by Gasteiger charge is 2.15. The Hall–Kier alpha value is -3.13. The van der Waals surface area contributed by atoms with Crippen LogP contribution >= 0.6 is 11.6 Å². The lowest BCUT2D eigenvalue weighted by Gasteiger charge is -2.07. The van der Waals surface area contributed by atoms with Gasteiger partial charge in [0.15, 0.2) is 6.61 Å². The molecule has 0 unspecified atom stereocenters. The number of nitro benzene ring substituents is 1. The van der Waals surface area contributed by atoms with Gasteiger partial charge in [0.1, 0.15) is 10.8 Å². The fourth-order valence-electron chi connectivity index (χ4n) is 1.77. The molecular formula is C15H11ClN2O6. The van der Waals surface area contributed by atoms with Crippen molar-refractivity contribution in [2.24, 2.45) is 0 Å². The minimum atomic E-state index is -0.789. The molecule has 0 atom stereocenters. The van der Waals surface area contributed by atoms with Gasteiger partial charge in [-0.15, -0.1) is 0 Å². The number of hydrogen-bond acceptors (Lipinski definition) is 6. The summed E-state index contributed by atoms with van der Waals surface area (Å²) >= 11 is 5.67. The van der Waals surface area contributed by atoms with Crippen molar-refractivity contribution < 1.29 is 24.4 Å². The number of halogens is 1. The normalized spacial score (nSPS) is 10.0. The second-order valence-corrected chi connectivity index (χ2v) is 5.01. The summed E-state index contributed by atoms with van der Waals surface area (Å²) in [6.45, 7) is -0.592. The Morgan fingerprint density at radius 1 is 1.25 bits per heavy atom. The average molecular weight is 351 g/mol.